The Morgan fingerprint density at radius 2 is 2.17 bits per heavy atom. The normalized spacial score (nSPS) is 11.4. The molecule has 0 aromatic carbocycles. The van der Waals surface area contributed by atoms with Crippen LogP contribution in [0.2, 0.25) is 0 Å². The number of nitrogens with one attached hydrogen (secondary N) is 2. The zero-order valence-electron chi connectivity index (χ0n) is 14.0. The second-order valence-corrected chi connectivity index (χ2v) is 5.37. The Kier molecular flexibility index (Phi) is 8.07. The summed E-state index contributed by atoms with van der Waals surface area (Å²) in [4.78, 5) is 4.55. The number of hydrogen-bond donors (Lipinski definition) is 2. The van der Waals surface area contributed by atoms with Crippen molar-refractivity contribution >= 4 is 29.9 Å². The molecule has 23 heavy (non-hydrogen) atoms. The number of nitrogens with zero attached hydrogens (tertiary/aromatic N) is 4. The van der Waals surface area contributed by atoms with Gasteiger partial charge in [0.1, 0.15) is 0 Å². The molecule has 0 spiro atoms. The van der Waals surface area contributed by atoms with Crippen molar-refractivity contribution < 1.29 is 4.52 Å². The van der Waals surface area contributed by atoms with Gasteiger partial charge in [0.05, 0.1) is 24.5 Å². The lowest BCUT2D eigenvalue weighted by molar-refractivity contribution is 0.372. The Bertz CT molecular complexity index is 619. The standard InChI is InChI=1S/C15H24N6O.HI/c1-5-16-15(17-9-12-6-7-19-21(12)4)18-10-13-8-14(11(2)3)20-22-13;/h6-8,11H,5,9-10H2,1-4H3,(H2,16,17,18);1H. The van der Waals surface area contributed by atoms with Crippen molar-refractivity contribution in [1.82, 2.24) is 25.6 Å². The number of guanidine groups is 1. The SMILES string of the molecule is CCNC(=NCc1ccnn1C)NCc1cc(C(C)C)no1.I. The van der Waals surface area contributed by atoms with Crippen LogP contribution in [-0.4, -0.2) is 27.4 Å². The predicted molar refractivity (Wildman–Crippen MR) is 101 cm³/mol. The number of rotatable bonds is 6. The Labute approximate surface area is 153 Å². The Morgan fingerprint density at radius 3 is 2.74 bits per heavy atom. The monoisotopic (exact) mass is 432 g/mol. The number of aliphatic imine (C=N–C) groups is 1. The van der Waals surface area contributed by atoms with Crippen molar-refractivity contribution in [3.05, 3.63) is 35.5 Å². The summed E-state index contributed by atoms with van der Waals surface area (Å²) < 4.78 is 7.13. The molecule has 0 radical (unpaired) electrons. The lowest BCUT2D eigenvalue weighted by Gasteiger charge is -2.09. The van der Waals surface area contributed by atoms with Gasteiger partial charge >= 0.3 is 0 Å². The molecule has 0 aliphatic rings. The Morgan fingerprint density at radius 1 is 1.39 bits per heavy atom. The van der Waals surface area contributed by atoms with Crippen molar-refractivity contribution in [3.63, 3.8) is 0 Å². The van der Waals surface area contributed by atoms with E-state index in [-0.39, 0.29) is 24.0 Å². The number of hydrogen-bond acceptors (Lipinski definition) is 4. The fourth-order valence-electron chi connectivity index (χ4n) is 1.91. The van der Waals surface area contributed by atoms with Crippen molar-refractivity contribution in [2.24, 2.45) is 12.0 Å². The summed E-state index contributed by atoms with van der Waals surface area (Å²) in [6.07, 6.45) is 1.77. The van der Waals surface area contributed by atoms with Gasteiger partial charge in [0.25, 0.3) is 0 Å². The summed E-state index contributed by atoms with van der Waals surface area (Å²) in [6, 6.07) is 3.93. The Hall–Kier alpha value is -1.58. The third-order valence-corrected chi connectivity index (χ3v) is 3.26. The molecule has 0 saturated heterocycles. The van der Waals surface area contributed by atoms with Crippen LogP contribution in [0, 0.1) is 0 Å². The highest BCUT2D eigenvalue weighted by molar-refractivity contribution is 14.0. The maximum atomic E-state index is 5.31. The van der Waals surface area contributed by atoms with Crippen molar-refractivity contribution in [2.75, 3.05) is 6.54 Å². The van der Waals surface area contributed by atoms with E-state index in [1.165, 1.54) is 0 Å². The Balaban J connectivity index is 0.00000264. The first-order chi connectivity index (χ1) is 10.6. The van der Waals surface area contributed by atoms with Gasteiger partial charge in [-0.3, -0.25) is 4.68 Å². The molecule has 128 valence electrons. The van der Waals surface area contributed by atoms with Gasteiger partial charge in [-0.05, 0) is 18.9 Å². The van der Waals surface area contributed by atoms with Crippen LogP contribution < -0.4 is 10.6 Å². The van der Waals surface area contributed by atoms with Gasteiger partial charge in [0.2, 0.25) is 0 Å². The first-order valence-electron chi connectivity index (χ1n) is 7.54. The molecule has 0 amide bonds. The van der Waals surface area contributed by atoms with Crippen LogP contribution >= 0.6 is 24.0 Å². The quantitative estimate of drug-likeness (QED) is 0.417. The van der Waals surface area contributed by atoms with E-state index in [0.29, 0.717) is 19.0 Å². The maximum absolute atomic E-state index is 5.31. The first kappa shape index (κ1) is 19.5. The molecule has 2 rings (SSSR count). The van der Waals surface area contributed by atoms with Gasteiger partial charge in [-0.2, -0.15) is 5.10 Å². The number of aryl methyl sites for hydroxylation is 1. The molecule has 0 aliphatic heterocycles. The molecule has 0 aliphatic carbocycles. The molecule has 0 atom stereocenters. The van der Waals surface area contributed by atoms with Gasteiger partial charge in [0, 0.05) is 25.9 Å². The van der Waals surface area contributed by atoms with Crippen LogP contribution in [0.5, 0.6) is 0 Å². The average Bonchev–Trinajstić information content (AvgIpc) is 3.11. The lowest BCUT2D eigenvalue weighted by Crippen LogP contribution is -2.36. The zero-order chi connectivity index (χ0) is 15.9. The minimum absolute atomic E-state index is 0. The van der Waals surface area contributed by atoms with E-state index in [0.717, 1.165) is 29.7 Å². The molecular formula is C15H25IN6O. The highest BCUT2D eigenvalue weighted by Gasteiger charge is 2.08. The van der Waals surface area contributed by atoms with E-state index in [2.05, 4.69) is 39.7 Å². The molecule has 0 bridgehead atoms. The summed E-state index contributed by atoms with van der Waals surface area (Å²) in [5.74, 6) is 1.91. The van der Waals surface area contributed by atoms with Crippen LogP contribution in [0.25, 0.3) is 0 Å². The van der Waals surface area contributed by atoms with E-state index in [4.69, 9.17) is 4.52 Å². The molecule has 0 saturated carbocycles. The van der Waals surface area contributed by atoms with Crippen molar-refractivity contribution in [3.8, 4) is 0 Å². The number of halogens is 1. The van der Waals surface area contributed by atoms with Gasteiger partial charge in [-0.1, -0.05) is 19.0 Å². The molecule has 8 heteroatoms. The van der Waals surface area contributed by atoms with E-state index in [9.17, 15) is 0 Å². The summed E-state index contributed by atoms with van der Waals surface area (Å²) in [7, 11) is 1.91. The van der Waals surface area contributed by atoms with Gasteiger partial charge in [-0.25, -0.2) is 4.99 Å². The largest absolute Gasteiger partial charge is 0.359 e. The van der Waals surface area contributed by atoms with Crippen LogP contribution in [0.3, 0.4) is 0 Å². The molecule has 7 nitrogen and oxygen atoms in total. The van der Waals surface area contributed by atoms with Crippen LogP contribution in [-0.2, 0) is 20.1 Å². The highest BCUT2D eigenvalue weighted by Crippen LogP contribution is 2.13. The molecule has 2 aromatic heterocycles. The summed E-state index contributed by atoms with van der Waals surface area (Å²) in [5, 5.41) is 14.6. The topological polar surface area (TPSA) is 80.3 Å². The van der Waals surface area contributed by atoms with E-state index in [1.807, 2.05) is 30.8 Å². The van der Waals surface area contributed by atoms with E-state index >= 15 is 0 Å². The molecular weight excluding hydrogens is 407 g/mol. The average molecular weight is 432 g/mol. The smallest absolute Gasteiger partial charge is 0.192 e. The second kappa shape index (κ2) is 9.53. The van der Waals surface area contributed by atoms with Crippen molar-refractivity contribution in [1.29, 1.82) is 0 Å². The molecule has 2 aromatic rings. The van der Waals surface area contributed by atoms with Gasteiger partial charge < -0.3 is 15.2 Å². The maximum Gasteiger partial charge on any atom is 0.192 e. The van der Waals surface area contributed by atoms with Crippen LogP contribution in [0.15, 0.2) is 27.8 Å². The summed E-state index contributed by atoms with van der Waals surface area (Å²) >= 11 is 0. The van der Waals surface area contributed by atoms with Crippen LogP contribution in [0.1, 0.15) is 43.8 Å². The molecule has 0 fully saturated rings. The van der Waals surface area contributed by atoms with Gasteiger partial charge in [0.15, 0.2) is 11.7 Å². The lowest BCUT2D eigenvalue weighted by atomic mass is 10.1. The predicted octanol–water partition coefficient (Wildman–Crippen LogP) is 2.40. The van der Waals surface area contributed by atoms with E-state index < -0.39 is 0 Å². The number of aromatic nitrogens is 3. The summed E-state index contributed by atoms with van der Waals surface area (Å²) in [5.41, 5.74) is 2.02. The third kappa shape index (κ3) is 5.85. The van der Waals surface area contributed by atoms with Crippen molar-refractivity contribution in [2.45, 2.75) is 39.8 Å². The zero-order valence-corrected chi connectivity index (χ0v) is 16.4. The fourth-order valence-corrected chi connectivity index (χ4v) is 1.91. The second-order valence-electron chi connectivity index (χ2n) is 5.37. The molecule has 0 unspecified atom stereocenters. The van der Waals surface area contributed by atoms with E-state index in [1.54, 1.807) is 6.20 Å². The highest BCUT2D eigenvalue weighted by atomic mass is 127. The van der Waals surface area contributed by atoms with Crippen LogP contribution in [0.4, 0.5) is 0 Å². The first-order valence-corrected chi connectivity index (χ1v) is 7.54. The minimum Gasteiger partial charge on any atom is -0.359 e. The minimum atomic E-state index is 0. The van der Waals surface area contributed by atoms with Gasteiger partial charge in [-0.15, -0.1) is 24.0 Å². The third-order valence-electron chi connectivity index (χ3n) is 3.26. The fraction of sp³-hybridized carbons (Fsp3) is 0.533. The molecule has 2 heterocycles. The summed E-state index contributed by atoms with van der Waals surface area (Å²) in [6.45, 7) is 8.14. The molecule has 2 N–H and O–H groups in total.